The van der Waals surface area contributed by atoms with Crippen LogP contribution in [0.3, 0.4) is 0 Å². The summed E-state index contributed by atoms with van der Waals surface area (Å²) in [4.78, 5) is -0.262. The summed E-state index contributed by atoms with van der Waals surface area (Å²) < 4.78 is 6.92. The molecule has 0 aromatic heterocycles. The van der Waals surface area contributed by atoms with Crippen LogP contribution >= 0.6 is 11.8 Å². The Bertz CT molecular complexity index is 735. The molecule has 0 spiro atoms. The van der Waals surface area contributed by atoms with Gasteiger partial charge in [0.05, 0.1) is 6.10 Å². The number of thioether (sulfide) groups is 1. The first-order chi connectivity index (χ1) is 10.9. The van der Waals surface area contributed by atoms with Crippen molar-refractivity contribution < 1.29 is 4.74 Å². The van der Waals surface area contributed by atoms with E-state index in [1.54, 1.807) is 0 Å². The molecule has 2 aliphatic heterocycles. The molecule has 1 nitrogen and oxygen atoms in total. The summed E-state index contributed by atoms with van der Waals surface area (Å²) in [6.45, 7) is 9.44. The van der Waals surface area contributed by atoms with Crippen LogP contribution in [0, 0.1) is 5.41 Å². The molecule has 2 aromatic carbocycles. The molecule has 23 heavy (non-hydrogen) atoms. The van der Waals surface area contributed by atoms with Crippen molar-refractivity contribution >= 4 is 11.8 Å². The number of hydrogen-bond donors (Lipinski definition) is 0. The van der Waals surface area contributed by atoms with E-state index in [-0.39, 0.29) is 21.2 Å². The molecule has 2 bridgehead atoms. The van der Waals surface area contributed by atoms with E-state index >= 15 is 0 Å². The Morgan fingerprint density at radius 1 is 0.913 bits per heavy atom. The summed E-state index contributed by atoms with van der Waals surface area (Å²) in [5.41, 5.74) is 4.18. The average Bonchev–Trinajstić information content (AvgIpc) is 2.80. The van der Waals surface area contributed by atoms with Gasteiger partial charge in [0.1, 0.15) is 4.93 Å². The minimum absolute atomic E-state index is 0.0878. The fourth-order valence-electron chi connectivity index (χ4n) is 3.90. The van der Waals surface area contributed by atoms with Crippen molar-refractivity contribution in [1.29, 1.82) is 0 Å². The lowest BCUT2D eigenvalue weighted by Gasteiger charge is -2.53. The number of hydrogen-bond acceptors (Lipinski definition) is 2. The molecule has 0 radical (unpaired) electrons. The summed E-state index contributed by atoms with van der Waals surface area (Å²) in [7, 11) is 0. The minimum atomic E-state index is -0.262. The second-order valence-electron chi connectivity index (χ2n) is 7.83. The molecule has 2 heteroatoms. The maximum atomic E-state index is 6.77. The third kappa shape index (κ3) is 2.11. The third-order valence-electron chi connectivity index (χ3n) is 5.87. The Morgan fingerprint density at radius 2 is 1.57 bits per heavy atom. The van der Waals surface area contributed by atoms with Crippen molar-refractivity contribution in [3.8, 4) is 0 Å². The van der Waals surface area contributed by atoms with Crippen LogP contribution in [0.4, 0.5) is 0 Å². The van der Waals surface area contributed by atoms with Crippen molar-refractivity contribution in [2.45, 2.75) is 49.9 Å². The zero-order valence-electron chi connectivity index (χ0n) is 14.3. The van der Waals surface area contributed by atoms with Crippen LogP contribution in [0.5, 0.6) is 0 Å². The first kappa shape index (κ1) is 15.3. The first-order valence-corrected chi connectivity index (χ1v) is 9.19. The minimum Gasteiger partial charge on any atom is -0.351 e. The smallest absolute Gasteiger partial charge is 0.145 e. The monoisotopic (exact) mass is 324 g/mol. The highest BCUT2D eigenvalue weighted by molar-refractivity contribution is 8.01. The summed E-state index contributed by atoms with van der Waals surface area (Å²) >= 11 is 2.00. The second-order valence-corrected chi connectivity index (χ2v) is 9.72. The van der Waals surface area contributed by atoms with Gasteiger partial charge in [-0.2, -0.15) is 0 Å². The normalized spacial score (nSPS) is 30.0. The number of rotatable bonds is 2. The number of ether oxygens (including phenoxy) is 1. The van der Waals surface area contributed by atoms with E-state index in [4.69, 9.17) is 4.74 Å². The summed E-state index contributed by atoms with van der Waals surface area (Å²) in [6, 6.07) is 19.6. The molecule has 0 aliphatic carbocycles. The molecule has 1 saturated heterocycles. The molecule has 120 valence electrons. The van der Waals surface area contributed by atoms with Crippen molar-refractivity contribution in [1.82, 2.24) is 0 Å². The van der Waals surface area contributed by atoms with Gasteiger partial charge in [0.25, 0.3) is 0 Å². The second kappa shape index (κ2) is 4.87. The maximum absolute atomic E-state index is 6.77. The Morgan fingerprint density at radius 3 is 2.30 bits per heavy atom. The highest BCUT2D eigenvalue weighted by atomic mass is 32.2. The van der Waals surface area contributed by atoms with Gasteiger partial charge < -0.3 is 4.74 Å². The van der Waals surface area contributed by atoms with Gasteiger partial charge in [-0.3, -0.25) is 0 Å². The molecule has 2 atom stereocenters. The van der Waals surface area contributed by atoms with Gasteiger partial charge in [0.2, 0.25) is 0 Å². The van der Waals surface area contributed by atoms with Gasteiger partial charge in [0, 0.05) is 22.1 Å². The van der Waals surface area contributed by atoms with Gasteiger partial charge in [-0.25, -0.2) is 0 Å². The lowest BCUT2D eigenvalue weighted by atomic mass is 9.73. The van der Waals surface area contributed by atoms with E-state index in [0.717, 1.165) is 6.42 Å². The molecular formula is C21H24OS. The van der Waals surface area contributed by atoms with Crippen LogP contribution < -0.4 is 0 Å². The van der Waals surface area contributed by atoms with E-state index in [2.05, 4.69) is 82.3 Å². The van der Waals surface area contributed by atoms with E-state index in [1.807, 2.05) is 11.8 Å². The molecule has 1 fully saturated rings. The third-order valence-corrected chi connectivity index (χ3v) is 7.70. The van der Waals surface area contributed by atoms with Crippen LogP contribution in [-0.2, 0) is 16.1 Å². The summed E-state index contributed by atoms with van der Waals surface area (Å²) in [5, 5.41) is 0. The van der Waals surface area contributed by atoms with Crippen LogP contribution in [0.25, 0.3) is 0 Å². The summed E-state index contributed by atoms with van der Waals surface area (Å²) in [6.07, 6.45) is 1.09. The fraction of sp³-hybridized carbons (Fsp3) is 0.429. The van der Waals surface area contributed by atoms with Crippen LogP contribution in [0.15, 0.2) is 54.6 Å². The largest absolute Gasteiger partial charge is 0.351 e. The Kier molecular flexibility index (Phi) is 3.24. The maximum Gasteiger partial charge on any atom is 0.145 e. The zero-order chi connectivity index (χ0) is 16.3. The van der Waals surface area contributed by atoms with Crippen LogP contribution in [0.1, 0.15) is 50.5 Å². The fourth-order valence-corrected chi connectivity index (χ4v) is 5.78. The Balaban J connectivity index is 1.86. The van der Waals surface area contributed by atoms with Gasteiger partial charge in [-0.15, -0.1) is 11.8 Å². The van der Waals surface area contributed by atoms with Crippen molar-refractivity contribution in [2.75, 3.05) is 0 Å². The molecule has 0 N–H and O–H groups in total. The van der Waals surface area contributed by atoms with Gasteiger partial charge in [-0.1, -0.05) is 68.4 Å². The number of fused-ring (bicyclic) bond motifs is 5. The first-order valence-electron chi connectivity index (χ1n) is 8.37. The van der Waals surface area contributed by atoms with Crippen molar-refractivity contribution in [3.63, 3.8) is 0 Å². The van der Waals surface area contributed by atoms with E-state index in [1.165, 1.54) is 16.7 Å². The molecule has 4 rings (SSSR count). The molecule has 2 heterocycles. The van der Waals surface area contributed by atoms with E-state index in [0.29, 0.717) is 0 Å². The average molecular weight is 324 g/mol. The zero-order valence-corrected chi connectivity index (χ0v) is 15.1. The van der Waals surface area contributed by atoms with Gasteiger partial charge in [0.15, 0.2) is 0 Å². The lowest BCUT2D eigenvalue weighted by Crippen LogP contribution is -2.49. The topological polar surface area (TPSA) is 9.23 Å². The molecule has 0 saturated carbocycles. The lowest BCUT2D eigenvalue weighted by molar-refractivity contribution is -0.0983. The SMILES string of the molecule is CC1(C)SC2(Cc3ccccc3)OC(c3ccccc32)C1(C)C. The Hall–Kier alpha value is -1.25. The summed E-state index contributed by atoms with van der Waals surface area (Å²) in [5.74, 6) is 0. The Labute approximate surface area is 143 Å². The van der Waals surface area contributed by atoms with E-state index in [9.17, 15) is 0 Å². The van der Waals surface area contributed by atoms with Crippen molar-refractivity contribution in [3.05, 3.63) is 71.3 Å². The van der Waals surface area contributed by atoms with Crippen LogP contribution in [0.2, 0.25) is 0 Å². The van der Waals surface area contributed by atoms with Gasteiger partial charge in [-0.05, 0) is 25.0 Å². The van der Waals surface area contributed by atoms with Crippen molar-refractivity contribution in [2.24, 2.45) is 5.41 Å². The number of benzene rings is 2. The molecular weight excluding hydrogens is 300 g/mol. The molecule has 0 amide bonds. The molecule has 2 aliphatic rings. The quantitative estimate of drug-likeness (QED) is 0.700. The highest BCUT2D eigenvalue weighted by Crippen LogP contribution is 2.69. The van der Waals surface area contributed by atoms with E-state index < -0.39 is 0 Å². The molecule has 2 aromatic rings. The highest BCUT2D eigenvalue weighted by Gasteiger charge is 2.62. The predicted octanol–water partition coefficient (Wildman–Crippen LogP) is 5.71. The van der Waals surface area contributed by atoms with Gasteiger partial charge >= 0.3 is 0 Å². The standard InChI is InChI=1S/C21H24OS/c1-19(2)18-16-12-8-9-13-17(16)21(22-18,23-20(19,3)4)14-15-10-6-5-7-11-15/h5-13,18H,14H2,1-4H3. The van der Waals surface area contributed by atoms with Crippen LogP contribution in [-0.4, -0.2) is 4.75 Å². The molecule has 2 unspecified atom stereocenters. The predicted molar refractivity (Wildman–Crippen MR) is 97.5 cm³/mol.